The van der Waals surface area contributed by atoms with E-state index < -0.39 is 33.9 Å². The van der Waals surface area contributed by atoms with Gasteiger partial charge in [-0.05, 0) is 30.5 Å². The molecule has 2 unspecified atom stereocenters. The van der Waals surface area contributed by atoms with Gasteiger partial charge in [-0.1, -0.05) is 18.6 Å². The SMILES string of the molecule is Cn1c(C(F)(F)F)cc(=O)n(-c2cccc(C3(C=O)CCCC3Cl)c2)c1=O. The summed E-state index contributed by atoms with van der Waals surface area (Å²) in [6, 6.07) is 6.48. The summed E-state index contributed by atoms with van der Waals surface area (Å²) in [6.07, 6.45) is -2.14. The van der Waals surface area contributed by atoms with E-state index in [2.05, 4.69) is 0 Å². The summed E-state index contributed by atoms with van der Waals surface area (Å²) in [5.74, 6) is 0. The van der Waals surface area contributed by atoms with E-state index in [0.717, 1.165) is 19.8 Å². The lowest BCUT2D eigenvalue weighted by molar-refractivity contribution is -0.144. The quantitative estimate of drug-likeness (QED) is 0.588. The predicted molar refractivity (Wildman–Crippen MR) is 93.5 cm³/mol. The molecular formula is C18H16ClF3N2O3. The van der Waals surface area contributed by atoms with Gasteiger partial charge in [-0.3, -0.25) is 9.36 Å². The second-order valence-electron chi connectivity index (χ2n) is 6.61. The zero-order valence-electron chi connectivity index (χ0n) is 14.3. The third kappa shape index (κ3) is 3.12. The molecule has 9 heteroatoms. The van der Waals surface area contributed by atoms with Gasteiger partial charge in [0.05, 0.1) is 11.1 Å². The van der Waals surface area contributed by atoms with E-state index in [1.54, 1.807) is 12.1 Å². The standard InChI is InChI=1S/C18H16ClF3N2O3/c1-23-14(18(20,21)22)9-15(26)24(16(23)27)12-5-2-4-11(8-12)17(10-25)7-3-6-13(17)19/h2,4-5,8-10,13H,3,6-7H2,1H3. The van der Waals surface area contributed by atoms with E-state index in [0.29, 0.717) is 33.6 Å². The maximum atomic E-state index is 13.0. The molecule has 1 aliphatic rings. The summed E-state index contributed by atoms with van der Waals surface area (Å²) in [7, 11) is 0.948. The van der Waals surface area contributed by atoms with Crippen molar-refractivity contribution < 1.29 is 18.0 Å². The number of rotatable bonds is 3. The van der Waals surface area contributed by atoms with E-state index in [-0.39, 0.29) is 5.69 Å². The van der Waals surface area contributed by atoms with Crippen molar-refractivity contribution in [1.29, 1.82) is 0 Å². The Morgan fingerprint density at radius 1 is 1.26 bits per heavy atom. The van der Waals surface area contributed by atoms with Crippen LogP contribution in [0.1, 0.15) is 30.5 Å². The first kappa shape index (κ1) is 19.4. The molecule has 0 bridgehead atoms. The summed E-state index contributed by atoms with van der Waals surface area (Å²) in [4.78, 5) is 36.5. The lowest BCUT2D eigenvalue weighted by Gasteiger charge is -2.27. The van der Waals surface area contributed by atoms with E-state index in [1.165, 1.54) is 12.1 Å². The summed E-state index contributed by atoms with van der Waals surface area (Å²) in [5.41, 5.74) is -3.88. The topological polar surface area (TPSA) is 61.1 Å². The molecule has 1 aromatic heterocycles. The summed E-state index contributed by atoms with van der Waals surface area (Å²) < 4.78 is 40.0. The molecule has 2 atom stereocenters. The number of carbonyl (C=O) groups is 1. The molecule has 27 heavy (non-hydrogen) atoms. The van der Waals surface area contributed by atoms with Crippen molar-refractivity contribution in [3.8, 4) is 5.69 Å². The van der Waals surface area contributed by atoms with Crippen LogP contribution in [0.4, 0.5) is 13.2 Å². The van der Waals surface area contributed by atoms with Crippen LogP contribution in [-0.4, -0.2) is 20.8 Å². The van der Waals surface area contributed by atoms with Crippen molar-refractivity contribution in [2.24, 2.45) is 7.05 Å². The Bertz CT molecular complexity index is 1010. The summed E-state index contributed by atoms with van der Waals surface area (Å²) >= 11 is 6.34. The fourth-order valence-electron chi connectivity index (χ4n) is 3.58. The molecule has 144 valence electrons. The molecule has 1 saturated carbocycles. The number of halogens is 4. The van der Waals surface area contributed by atoms with Gasteiger partial charge in [-0.25, -0.2) is 9.36 Å². The van der Waals surface area contributed by atoms with Crippen LogP contribution in [0.15, 0.2) is 39.9 Å². The smallest absolute Gasteiger partial charge is 0.302 e. The molecule has 0 amide bonds. The first-order valence-corrected chi connectivity index (χ1v) is 8.67. The van der Waals surface area contributed by atoms with Gasteiger partial charge in [0.15, 0.2) is 0 Å². The number of alkyl halides is 4. The Kier molecular flexibility index (Phi) is 4.80. The maximum absolute atomic E-state index is 13.0. The molecule has 0 spiro atoms. The molecular weight excluding hydrogens is 385 g/mol. The molecule has 5 nitrogen and oxygen atoms in total. The van der Waals surface area contributed by atoms with Gasteiger partial charge in [0.2, 0.25) is 0 Å². The van der Waals surface area contributed by atoms with Crippen molar-refractivity contribution in [3.63, 3.8) is 0 Å². The maximum Gasteiger partial charge on any atom is 0.431 e. The van der Waals surface area contributed by atoms with Crippen LogP contribution in [0.5, 0.6) is 0 Å². The van der Waals surface area contributed by atoms with Gasteiger partial charge in [0.1, 0.15) is 12.0 Å². The predicted octanol–water partition coefficient (Wildman–Crippen LogP) is 2.78. The Labute approximate surface area is 157 Å². The molecule has 3 rings (SSSR count). The van der Waals surface area contributed by atoms with Crippen LogP contribution in [0.25, 0.3) is 5.69 Å². The van der Waals surface area contributed by atoms with Gasteiger partial charge in [-0.2, -0.15) is 13.2 Å². The highest BCUT2D eigenvalue weighted by Gasteiger charge is 2.43. The third-order valence-corrected chi connectivity index (χ3v) is 5.68. The van der Waals surface area contributed by atoms with Gasteiger partial charge in [0.25, 0.3) is 5.56 Å². The minimum Gasteiger partial charge on any atom is -0.302 e. The summed E-state index contributed by atoms with van der Waals surface area (Å²) in [6.45, 7) is 0. The Morgan fingerprint density at radius 3 is 2.52 bits per heavy atom. The minimum atomic E-state index is -4.83. The molecule has 2 aromatic rings. The highest BCUT2D eigenvalue weighted by Crippen LogP contribution is 2.43. The van der Waals surface area contributed by atoms with Crippen molar-refractivity contribution in [2.45, 2.75) is 36.2 Å². The molecule has 1 aliphatic carbocycles. The van der Waals surface area contributed by atoms with Gasteiger partial charge >= 0.3 is 11.9 Å². The molecule has 1 heterocycles. The first-order chi connectivity index (χ1) is 12.6. The fraction of sp³-hybridized carbons (Fsp3) is 0.389. The lowest BCUT2D eigenvalue weighted by atomic mass is 9.80. The lowest BCUT2D eigenvalue weighted by Crippen LogP contribution is -2.41. The van der Waals surface area contributed by atoms with Crippen LogP contribution >= 0.6 is 11.6 Å². The Morgan fingerprint density at radius 2 is 1.96 bits per heavy atom. The number of hydrogen-bond acceptors (Lipinski definition) is 3. The minimum absolute atomic E-state index is 0.0869. The number of nitrogens with zero attached hydrogens (tertiary/aromatic N) is 2. The number of carbonyl (C=O) groups excluding carboxylic acids is 1. The molecule has 0 aliphatic heterocycles. The number of benzene rings is 1. The van der Waals surface area contributed by atoms with Crippen LogP contribution in [0.3, 0.4) is 0 Å². The summed E-state index contributed by atoms with van der Waals surface area (Å²) in [5, 5.41) is -0.433. The monoisotopic (exact) mass is 400 g/mol. The second kappa shape index (κ2) is 6.67. The van der Waals surface area contributed by atoms with Crippen molar-refractivity contribution in [2.75, 3.05) is 0 Å². The normalized spacial score (nSPS) is 22.8. The third-order valence-electron chi connectivity index (χ3n) is 5.07. The Hall–Kier alpha value is -2.35. The zero-order chi connectivity index (χ0) is 20.0. The van der Waals surface area contributed by atoms with Crippen molar-refractivity contribution >= 4 is 17.9 Å². The van der Waals surface area contributed by atoms with E-state index in [1.807, 2.05) is 0 Å². The van der Waals surface area contributed by atoms with E-state index in [4.69, 9.17) is 11.6 Å². The number of aromatic nitrogens is 2. The molecule has 0 saturated heterocycles. The first-order valence-electron chi connectivity index (χ1n) is 8.23. The Balaban J connectivity index is 2.20. The number of hydrogen-bond donors (Lipinski definition) is 0. The van der Waals surface area contributed by atoms with E-state index >= 15 is 0 Å². The molecule has 1 aromatic carbocycles. The van der Waals surface area contributed by atoms with Crippen molar-refractivity contribution in [3.05, 3.63) is 62.4 Å². The highest BCUT2D eigenvalue weighted by atomic mass is 35.5. The second-order valence-corrected chi connectivity index (χ2v) is 7.14. The largest absolute Gasteiger partial charge is 0.431 e. The average molecular weight is 401 g/mol. The average Bonchev–Trinajstić information content (AvgIpc) is 2.99. The molecule has 0 radical (unpaired) electrons. The van der Waals surface area contributed by atoms with Crippen LogP contribution in [0.2, 0.25) is 0 Å². The van der Waals surface area contributed by atoms with Crippen LogP contribution < -0.4 is 11.2 Å². The highest BCUT2D eigenvalue weighted by molar-refractivity contribution is 6.23. The fourth-order valence-corrected chi connectivity index (χ4v) is 4.02. The van der Waals surface area contributed by atoms with Gasteiger partial charge in [0, 0.05) is 18.5 Å². The molecule has 1 fully saturated rings. The van der Waals surface area contributed by atoms with Gasteiger partial charge < -0.3 is 4.79 Å². The van der Waals surface area contributed by atoms with Crippen LogP contribution in [0, 0.1) is 0 Å². The van der Waals surface area contributed by atoms with Crippen LogP contribution in [-0.2, 0) is 23.4 Å². The van der Waals surface area contributed by atoms with Gasteiger partial charge in [-0.15, -0.1) is 11.6 Å². The molecule has 0 N–H and O–H groups in total. The van der Waals surface area contributed by atoms with E-state index in [9.17, 15) is 27.6 Å². The zero-order valence-corrected chi connectivity index (χ0v) is 15.0. The van der Waals surface area contributed by atoms with Crippen molar-refractivity contribution in [1.82, 2.24) is 9.13 Å². The number of aldehydes is 1.